The number of hydrogen-bond acceptors (Lipinski definition) is 5. The van der Waals surface area contributed by atoms with Gasteiger partial charge in [0.15, 0.2) is 0 Å². The number of hydrogen-bond donors (Lipinski definition) is 1. The predicted molar refractivity (Wildman–Crippen MR) is 68.0 cm³/mol. The summed E-state index contributed by atoms with van der Waals surface area (Å²) >= 11 is 0. The summed E-state index contributed by atoms with van der Waals surface area (Å²) in [5, 5.41) is 3.28. The monoisotopic (exact) mass is 275 g/mol. The molecule has 2 rings (SSSR count). The zero-order chi connectivity index (χ0) is 13.2. The second-order valence-corrected chi connectivity index (χ2v) is 7.58. The fourth-order valence-electron chi connectivity index (χ4n) is 2.27. The first-order valence-corrected chi connectivity index (χ1v) is 8.42. The molecule has 1 aliphatic heterocycles. The van der Waals surface area contributed by atoms with Gasteiger partial charge >= 0.3 is 5.97 Å². The van der Waals surface area contributed by atoms with E-state index in [9.17, 15) is 13.2 Å². The minimum absolute atomic E-state index is 0.0729. The van der Waals surface area contributed by atoms with Gasteiger partial charge in [-0.3, -0.25) is 4.79 Å². The zero-order valence-corrected chi connectivity index (χ0v) is 11.6. The molecule has 0 unspecified atom stereocenters. The van der Waals surface area contributed by atoms with Crippen LogP contribution in [0.4, 0.5) is 0 Å². The topological polar surface area (TPSA) is 72.5 Å². The van der Waals surface area contributed by atoms with Crippen molar-refractivity contribution in [3.63, 3.8) is 0 Å². The lowest BCUT2D eigenvalue weighted by Gasteiger charge is -2.35. The maximum atomic E-state index is 12.1. The molecule has 5 nitrogen and oxygen atoms in total. The SMILES string of the molecule is CCOC(=O)C1(NCC2CC2)CCS(=O)(=O)CC1. The van der Waals surface area contributed by atoms with Crippen molar-refractivity contribution in [2.45, 2.75) is 38.1 Å². The van der Waals surface area contributed by atoms with Crippen LogP contribution in [0, 0.1) is 5.92 Å². The molecule has 0 aromatic heterocycles. The van der Waals surface area contributed by atoms with E-state index in [0.29, 0.717) is 25.4 Å². The summed E-state index contributed by atoms with van der Waals surface area (Å²) in [4.78, 5) is 12.1. The van der Waals surface area contributed by atoms with Crippen molar-refractivity contribution in [1.82, 2.24) is 5.32 Å². The third kappa shape index (κ3) is 3.23. The molecule has 0 atom stereocenters. The lowest BCUT2D eigenvalue weighted by atomic mass is 9.92. The van der Waals surface area contributed by atoms with Crippen LogP contribution in [-0.2, 0) is 19.4 Å². The summed E-state index contributed by atoms with van der Waals surface area (Å²) in [6.07, 6.45) is 3.07. The second kappa shape index (κ2) is 5.17. The van der Waals surface area contributed by atoms with Gasteiger partial charge in [-0.25, -0.2) is 8.42 Å². The van der Waals surface area contributed by atoms with E-state index < -0.39 is 15.4 Å². The van der Waals surface area contributed by atoms with Gasteiger partial charge in [0.1, 0.15) is 15.4 Å². The molecular weight excluding hydrogens is 254 g/mol. The van der Waals surface area contributed by atoms with Crippen LogP contribution in [0.2, 0.25) is 0 Å². The molecule has 0 spiro atoms. The smallest absolute Gasteiger partial charge is 0.326 e. The van der Waals surface area contributed by atoms with Crippen molar-refractivity contribution in [3.05, 3.63) is 0 Å². The molecule has 1 N–H and O–H groups in total. The minimum atomic E-state index is -2.97. The molecule has 0 aromatic rings. The summed E-state index contributed by atoms with van der Waals surface area (Å²) < 4.78 is 28.1. The van der Waals surface area contributed by atoms with E-state index in [2.05, 4.69) is 5.32 Å². The lowest BCUT2D eigenvalue weighted by Crippen LogP contribution is -2.57. The zero-order valence-electron chi connectivity index (χ0n) is 10.8. The summed E-state index contributed by atoms with van der Waals surface area (Å²) in [5.74, 6) is 0.503. The van der Waals surface area contributed by atoms with Crippen LogP contribution in [0.3, 0.4) is 0 Å². The average molecular weight is 275 g/mol. The van der Waals surface area contributed by atoms with E-state index in [4.69, 9.17) is 4.74 Å². The summed E-state index contributed by atoms with van der Waals surface area (Å²) in [6.45, 7) is 2.89. The van der Waals surface area contributed by atoms with Crippen LogP contribution in [-0.4, -0.2) is 44.6 Å². The Morgan fingerprint density at radius 3 is 2.44 bits per heavy atom. The van der Waals surface area contributed by atoms with E-state index in [1.165, 1.54) is 12.8 Å². The third-order valence-electron chi connectivity index (χ3n) is 3.77. The maximum Gasteiger partial charge on any atom is 0.326 e. The highest BCUT2D eigenvalue weighted by Crippen LogP contribution is 2.31. The Bertz CT molecular complexity index is 400. The van der Waals surface area contributed by atoms with Crippen LogP contribution in [0.25, 0.3) is 0 Å². The van der Waals surface area contributed by atoms with E-state index >= 15 is 0 Å². The number of sulfone groups is 1. The van der Waals surface area contributed by atoms with Gasteiger partial charge in [-0.1, -0.05) is 0 Å². The van der Waals surface area contributed by atoms with Crippen LogP contribution in [0.1, 0.15) is 32.6 Å². The molecule has 1 saturated carbocycles. The quantitative estimate of drug-likeness (QED) is 0.740. The van der Waals surface area contributed by atoms with Gasteiger partial charge in [-0.2, -0.15) is 0 Å². The van der Waals surface area contributed by atoms with Crippen LogP contribution in [0.5, 0.6) is 0 Å². The molecule has 0 aromatic carbocycles. The molecule has 0 amide bonds. The van der Waals surface area contributed by atoms with Crippen molar-refractivity contribution in [3.8, 4) is 0 Å². The highest BCUT2D eigenvalue weighted by Gasteiger charge is 2.45. The normalized spacial score (nSPS) is 25.6. The molecule has 6 heteroatoms. The number of ether oxygens (including phenoxy) is 1. The molecule has 1 heterocycles. The van der Waals surface area contributed by atoms with Crippen LogP contribution >= 0.6 is 0 Å². The first kappa shape index (κ1) is 13.8. The predicted octanol–water partition coefficient (Wildman–Crippen LogP) is 0.496. The van der Waals surface area contributed by atoms with Crippen LogP contribution < -0.4 is 5.32 Å². The largest absolute Gasteiger partial charge is 0.465 e. The van der Waals surface area contributed by atoms with E-state index in [0.717, 1.165) is 6.54 Å². The Kier molecular flexibility index (Phi) is 3.96. The van der Waals surface area contributed by atoms with Gasteiger partial charge in [0.2, 0.25) is 0 Å². The first-order valence-electron chi connectivity index (χ1n) is 6.60. The lowest BCUT2D eigenvalue weighted by molar-refractivity contribution is -0.151. The number of carbonyl (C=O) groups excluding carboxylic acids is 1. The minimum Gasteiger partial charge on any atom is -0.465 e. The highest BCUT2D eigenvalue weighted by atomic mass is 32.2. The Labute approximate surface area is 108 Å². The van der Waals surface area contributed by atoms with Gasteiger partial charge in [-0.15, -0.1) is 0 Å². The van der Waals surface area contributed by atoms with Crippen molar-refractivity contribution in [2.75, 3.05) is 24.7 Å². The molecule has 1 aliphatic carbocycles. The Morgan fingerprint density at radius 1 is 1.33 bits per heavy atom. The number of nitrogens with one attached hydrogen (secondary N) is 1. The van der Waals surface area contributed by atoms with Gasteiger partial charge in [0.25, 0.3) is 0 Å². The van der Waals surface area contributed by atoms with E-state index in [-0.39, 0.29) is 17.5 Å². The number of carbonyl (C=O) groups is 1. The van der Waals surface area contributed by atoms with Crippen molar-refractivity contribution < 1.29 is 17.9 Å². The highest BCUT2D eigenvalue weighted by molar-refractivity contribution is 7.91. The molecule has 18 heavy (non-hydrogen) atoms. The third-order valence-corrected chi connectivity index (χ3v) is 5.42. The molecule has 104 valence electrons. The summed E-state index contributed by atoms with van der Waals surface area (Å²) in [7, 11) is -2.97. The molecule has 2 fully saturated rings. The summed E-state index contributed by atoms with van der Waals surface area (Å²) in [6, 6.07) is 0. The van der Waals surface area contributed by atoms with Crippen LogP contribution in [0.15, 0.2) is 0 Å². The standard InChI is InChI=1S/C12H21NO4S/c1-2-17-11(14)12(13-9-10-3-4-10)5-7-18(15,16)8-6-12/h10,13H,2-9H2,1H3. The maximum absolute atomic E-state index is 12.1. The van der Waals surface area contributed by atoms with Crippen molar-refractivity contribution in [2.24, 2.45) is 5.92 Å². The molecular formula is C12H21NO4S. The Hall–Kier alpha value is -0.620. The Morgan fingerprint density at radius 2 is 1.94 bits per heavy atom. The molecule has 2 aliphatic rings. The van der Waals surface area contributed by atoms with E-state index in [1.807, 2.05) is 0 Å². The second-order valence-electron chi connectivity index (χ2n) is 5.28. The van der Waals surface area contributed by atoms with Gasteiger partial charge in [0.05, 0.1) is 18.1 Å². The first-order chi connectivity index (χ1) is 8.47. The molecule has 1 saturated heterocycles. The Balaban J connectivity index is 2.04. The van der Waals surface area contributed by atoms with Crippen molar-refractivity contribution >= 4 is 15.8 Å². The van der Waals surface area contributed by atoms with Crippen molar-refractivity contribution in [1.29, 1.82) is 0 Å². The number of rotatable bonds is 5. The molecule has 0 bridgehead atoms. The van der Waals surface area contributed by atoms with Gasteiger partial charge in [0, 0.05) is 0 Å². The number of esters is 1. The fourth-order valence-corrected chi connectivity index (χ4v) is 3.79. The van der Waals surface area contributed by atoms with Gasteiger partial charge < -0.3 is 10.1 Å². The van der Waals surface area contributed by atoms with Gasteiger partial charge in [-0.05, 0) is 45.1 Å². The summed E-state index contributed by atoms with van der Waals surface area (Å²) in [5.41, 5.74) is -0.774. The fraction of sp³-hybridized carbons (Fsp3) is 0.917. The average Bonchev–Trinajstić information content (AvgIpc) is 3.12. The van der Waals surface area contributed by atoms with E-state index in [1.54, 1.807) is 6.92 Å². The molecule has 0 radical (unpaired) electrons.